The summed E-state index contributed by atoms with van der Waals surface area (Å²) in [6, 6.07) is 16.5. The average Bonchev–Trinajstić information content (AvgIpc) is 2.53. The fraction of sp³-hybridized carbons (Fsp3) is 0.250. The predicted molar refractivity (Wildman–Crippen MR) is 88.6 cm³/mol. The van der Waals surface area contributed by atoms with E-state index < -0.39 is 0 Å². The Morgan fingerprint density at radius 3 is 1.30 bits per heavy atom. The summed E-state index contributed by atoms with van der Waals surface area (Å²) in [5.41, 5.74) is 2.64. The van der Waals surface area contributed by atoms with Crippen molar-refractivity contribution < 1.29 is 9.47 Å². The highest BCUT2D eigenvalue weighted by Crippen LogP contribution is 2.30. The first-order valence-electron chi connectivity index (χ1n) is 6.32. The summed E-state index contributed by atoms with van der Waals surface area (Å²) in [6.45, 7) is 0. The predicted octanol–water partition coefficient (Wildman–Crippen LogP) is 4.79. The molecule has 0 aromatic heterocycles. The topological polar surface area (TPSA) is 18.5 Å². The van der Waals surface area contributed by atoms with E-state index in [-0.39, 0.29) is 0 Å². The van der Waals surface area contributed by atoms with Crippen LogP contribution >= 0.6 is 21.6 Å². The van der Waals surface area contributed by atoms with E-state index in [1.807, 2.05) is 45.9 Å². The summed E-state index contributed by atoms with van der Waals surface area (Å²) in [4.78, 5) is 0. The lowest BCUT2D eigenvalue weighted by molar-refractivity contribution is 0.414. The number of hydrogen-bond acceptors (Lipinski definition) is 4. The first kappa shape index (κ1) is 15.1. The highest BCUT2D eigenvalue weighted by Gasteiger charge is 1.98. The Bertz CT molecular complexity index is 460. The molecule has 0 amide bonds. The molecule has 0 aliphatic carbocycles. The molecule has 0 spiro atoms. The number of methoxy groups -OCH3 is 2. The molecule has 4 heteroatoms. The molecule has 0 aliphatic heterocycles. The van der Waals surface area contributed by atoms with Crippen LogP contribution in [-0.2, 0) is 11.5 Å². The van der Waals surface area contributed by atoms with Gasteiger partial charge < -0.3 is 9.47 Å². The molecule has 0 unspecified atom stereocenters. The van der Waals surface area contributed by atoms with E-state index in [9.17, 15) is 0 Å². The maximum atomic E-state index is 5.15. The third-order valence-corrected chi connectivity index (χ3v) is 5.13. The van der Waals surface area contributed by atoms with Gasteiger partial charge in [-0.05, 0) is 35.4 Å². The summed E-state index contributed by atoms with van der Waals surface area (Å²) < 4.78 is 10.3. The van der Waals surface area contributed by atoms with E-state index in [0.29, 0.717) is 0 Å². The second-order valence-corrected chi connectivity index (χ2v) is 6.68. The van der Waals surface area contributed by atoms with Crippen LogP contribution in [0.1, 0.15) is 11.1 Å². The fourth-order valence-corrected chi connectivity index (χ4v) is 3.80. The normalized spacial score (nSPS) is 10.3. The Morgan fingerprint density at radius 2 is 1.00 bits per heavy atom. The monoisotopic (exact) mass is 306 g/mol. The minimum absolute atomic E-state index is 0.907. The number of benzene rings is 2. The van der Waals surface area contributed by atoms with Gasteiger partial charge >= 0.3 is 0 Å². The smallest absolute Gasteiger partial charge is 0.118 e. The van der Waals surface area contributed by atoms with Gasteiger partial charge in [0.05, 0.1) is 14.2 Å². The van der Waals surface area contributed by atoms with Crippen LogP contribution in [0, 0.1) is 0 Å². The van der Waals surface area contributed by atoms with Crippen LogP contribution in [0.5, 0.6) is 11.5 Å². The summed E-state index contributed by atoms with van der Waals surface area (Å²) in [7, 11) is 7.12. The molecule has 2 aromatic carbocycles. The van der Waals surface area contributed by atoms with Gasteiger partial charge in [0.1, 0.15) is 11.5 Å². The van der Waals surface area contributed by atoms with Crippen molar-refractivity contribution in [2.45, 2.75) is 11.5 Å². The van der Waals surface area contributed by atoms with Gasteiger partial charge in [-0.25, -0.2) is 0 Å². The lowest BCUT2D eigenvalue weighted by Gasteiger charge is -2.04. The maximum absolute atomic E-state index is 5.15. The van der Waals surface area contributed by atoms with Gasteiger partial charge in [0.2, 0.25) is 0 Å². The lowest BCUT2D eigenvalue weighted by atomic mass is 10.2. The van der Waals surface area contributed by atoms with Crippen LogP contribution in [-0.4, -0.2) is 14.2 Å². The molecule has 0 aliphatic rings. The van der Waals surface area contributed by atoms with Crippen molar-refractivity contribution in [2.24, 2.45) is 0 Å². The molecule has 2 rings (SSSR count). The van der Waals surface area contributed by atoms with Crippen molar-refractivity contribution in [1.29, 1.82) is 0 Å². The molecule has 0 radical (unpaired) electrons. The molecule has 106 valence electrons. The minimum atomic E-state index is 0.907. The highest BCUT2D eigenvalue weighted by molar-refractivity contribution is 8.76. The summed E-state index contributed by atoms with van der Waals surface area (Å²) in [6.07, 6.45) is 0. The minimum Gasteiger partial charge on any atom is -0.497 e. The number of ether oxygens (including phenoxy) is 2. The van der Waals surface area contributed by atoms with Gasteiger partial charge in [-0.1, -0.05) is 45.9 Å². The zero-order valence-electron chi connectivity index (χ0n) is 11.7. The van der Waals surface area contributed by atoms with Gasteiger partial charge in [-0.15, -0.1) is 0 Å². The van der Waals surface area contributed by atoms with E-state index in [1.54, 1.807) is 14.2 Å². The molecule has 0 heterocycles. The molecule has 0 bridgehead atoms. The Morgan fingerprint density at radius 1 is 0.650 bits per heavy atom. The van der Waals surface area contributed by atoms with Crippen LogP contribution < -0.4 is 9.47 Å². The van der Waals surface area contributed by atoms with Crippen molar-refractivity contribution >= 4 is 21.6 Å². The molecule has 0 atom stereocenters. The number of rotatable bonds is 7. The quantitative estimate of drug-likeness (QED) is 0.541. The Hall–Kier alpha value is -1.26. The van der Waals surface area contributed by atoms with Crippen molar-refractivity contribution in [1.82, 2.24) is 0 Å². The molecular formula is C16H18O2S2. The van der Waals surface area contributed by atoms with E-state index in [1.165, 1.54) is 11.1 Å². The van der Waals surface area contributed by atoms with Crippen LogP contribution in [0.15, 0.2) is 48.5 Å². The van der Waals surface area contributed by atoms with E-state index in [0.717, 1.165) is 23.0 Å². The van der Waals surface area contributed by atoms with Crippen molar-refractivity contribution in [3.63, 3.8) is 0 Å². The highest BCUT2D eigenvalue weighted by atomic mass is 33.1. The van der Waals surface area contributed by atoms with Crippen molar-refractivity contribution in [3.05, 3.63) is 59.7 Å². The molecule has 2 nitrogen and oxygen atoms in total. The Balaban J connectivity index is 1.72. The Labute approximate surface area is 128 Å². The molecule has 0 saturated carbocycles. The van der Waals surface area contributed by atoms with E-state index in [2.05, 4.69) is 24.3 Å². The second kappa shape index (κ2) is 8.12. The van der Waals surface area contributed by atoms with Gasteiger partial charge in [-0.3, -0.25) is 0 Å². The number of hydrogen-bond donors (Lipinski definition) is 0. The molecule has 0 fully saturated rings. The maximum Gasteiger partial charge on any atom is 0.118 e. The van der Waals surface area contributed by atoms with Gasteiger partial charge in [0.15, 0.2) is 0 Å². The first-order chi connectivity index (χ1) is 9.81. The molecular weight excluding hydrogens is 288 g/mol. The zero-order valence-corrected chi connectivity index (χ0v) is 13.3. The van der Waals surface area contributed by atoms with Crippen LogP contribution in [0.2, 0.25) is 0 Å². The van der Waals surface area contributed by atoms with Crippen LogP contribution in [0.25, 0.3) is 0 Å². The average molecular weight is 306 g/mol. The van der Waals surface area contributed by atoms with Gasteiger partial charge in [0, 0.05) is 11.5 Å². The zero-order chi connectivity index (χ0) is 14.2. The molecule has 0 N–H and O–H groups in total. The summed E-state index contributed by atoms with van der Waals surface area (Å²) >= 11 is 0. The third kappa shape index (κ3) is 4.69. The van der Waals surface area contributed by atoms with Crippen molar-refractivity contribution in [2.75, 3.05) is 14.2 Å². The molecule has 0 saturated heterocycles. The van der Waals surface area contributed by atoms with Gasteiger partial charge in [-0.2, -0.15) is 0 Å². The van der Waals surface area contributed by atoms with Crippen LogP contribution in [0.3, 0.4) is 0 Å². The molecule has 2 aromatic rings. The third-order valence-electron chi connectivity index (χ3n) is 2.85. The lowest BCUT2D eigenvalue weighted by Crippen LogP contribution is -1.84. The van der Waals surface area contributed by atoms with E-state index in [4.69, 9.17) is 9.47 Å². The SMILES string of the molecule is COc1ccc(CSSCc2ccc(OC)cc2)cc1. The van der Waals surface area contributed by atoms with Crippen molar-refractivity contribution in [3.8, 4) is 11.5 Å². The first-order valence-corrected chi connectivity index (χ1v) is 8.81. The summed E-state index contributed by atoms with van der Waals surface area (Å²) in [5.74, 6) is 3.82. The standard InChI is InChI=1S/C16H18O2S2/c1-17-15-7-3-13(4-8-15)11-19-20-12-14-5-9-16(18-2)10-6-14/h3-10H,11-12H2,1-2H3. The molecule has 20 heavy (non-hydrogen) atoms. The van der Waals surface area contributed by atoms with E-state index >= 15 is 0 Å². The summed E-state index contributed by atoms with van der Waals surface area (Å²) in [5, 5.41) is 0. The largest absolute Gasteiger partial charge is 0.497 e. The second-order valence-electron chi connectivity index (χ2n) is 4.22. The van der Waals surface area contributed by atoms with Crippen LogP contribution in [0.4, 0.5) is 0 Å². The van der Waals surface area contributed by atoms with Gasteiger partial charge in [0.25, 0.3) is 0 Å². The Kier molecular flexibility index (Phi) is 6.15. The fourth-order valence-electron chi connectivity index (χ4n) is 1.66.